The van der Waals surface area contributed by atoms with Gasteiger partial charge in [-0.1, -0.05) is 12.1 Å². The van der Waals surface area contributed by atoms with Gasteiger partial charge in [-0.05, 0) is 61.4 Å². The summed E-state index contributed by atoms with van der Waals surface area (Å²) in [5.41, 5.74) is 9.15. The summed E-state index contributed by atoms with van der Waals surface area (Å²) < 4.78 is 1.86. The summed E-state index contributed by atoms with van der Waals surface area (Å²) in [6, 6.07) is 11.6. The number of nitrogens with zero attached hydrogens (tertiary/aromatic N) is 5. The maximum atomic E-state index is 12.9. The molecular formula is C27H28N8O2. The second-order valence-electron chi connectivity index (χ2n) is 9.68. The highest BCUT2D eigenvalue weighted by Gasteiger charge is 2.26. The quantitative estimate of drug-likeness (QED) is 0.358. The molecule has 10 heteroatoms. The smallest absolute Gasteiger partial charge is 0.271 e. The third-order valence-electron chi connectivity index (χ3n) is 6.95. The van der Waals surface area contributed by atoms with Crippen molar-refractivity contribution in [3.63, 3.8) is 0 Å². The lowest BCUT2D eigenvalue weighted by atomic mass is 10.0. The highest BCUT2D eigenvalue weighted by atomic mass is 16.2. The maximum Gasteiger partial charge on any atom is 0.271 e. The maximum absolute atomic E-state index is 12.9. The lowest BCUT2D eigenvalue weighted by Crippen LogP contribution is -2.48. The molecule has 2 fully saturated rings. The van der Waals surface area contributed by atoms with Gasteiger partial charge in [0.25, 0.3) is 11.8 Å². The van der Waals surface area contributed by atoms with Crippen molar-refractivity contribution in [3.05, 3.63) is 78.0 Å². The molecule has 1 aliphatic carbocycles. The van der Waals surface area contributed by atoms with E-state index in [1.165, 1.54) is 18.4 Å². The number of hydrogen-bond donors (Lipinski definition) is 3. The van der Waals surface area contributed by atoms with E-state index >= 15 is 0 Å². The fourth-order valence-electron chi connectivity index (χ4n) is 4.83. The first-order valence-electron chi connectivity index (χ1n) is 12.6. The highest BCUT2D eigenvalue weighted by Crippen LogP contribution is 2.39. The van der Waals surface area contributed by atoms with Gasteiger partial charge in [-0.3, -0.25) is 9.59 Å². The molecule has 1 saturated heterocycles. The molecule has 0 radical (unpaired) electrons. The van der Waals surface area contributed by atoms with Crippen molar-refractivity contribution < 1.29 is 9.59 Å². The number of nitrogens with two attached hydrogens (primary N) is 1. The van der Waals surface area contributed by atoms with Gasteiger partial charge >= 0.3 is 0 Å². The number of hydrogen-bond acceptors (Lipinski definition) is 7. The number of fused-ring (bicyclic) bond motifs is 1. The number of imidazole rings is 1. The van der Waals surface area contributed by atoms with Crippen LogP contribution in [0.5, 0.6) is 0 Å². The van der Waals surface area contributed by atoms with Crippen LogP contribution in [0.2, 0.25) is 0 Å². The van der Waals surface area contributed by atoms with Gasteiger partial charge in [0.05, 0.1) is 11.9 Å². The van der Waals surface area contributed by atoms with Crippen LogP contribution in [0.25, 0.3) is 5.65 Å². The zero-order valence-corrected chi connectivity index (χ0v) is 20.3. The molecule has 0 bridgehead atoms. The Kier molecular flexibility index (Phi) is 5.91. The highest BCUT2D eigenvalue weighted by molar-refractivity contribution is 5.96. The van der Waals surface area contributed by atoms with Crippen LogP contribution in [0, 0.1) is 0 Å². The zero-order valence-electron chi connectivity index (χ0n) is 20.3. The number of pyridine rings is 1. The van der Waals surface area contributed by atoms with Crippen LogP contribution in [0.4, 0.5) is 17.3 Å². The molecule has 2 amide bonds. The third-order valence-corrected chi connectivity index (χ3v) is 6.95. The molecule has 0 spiro atoms. The Labute approximate surface area is 213 Å². The minimum atomic E-state index is -0.665. The van der Waals surface area contributed by atoms with Crippen LogP contribution in [-0.2, 0) is 0 Å². The van der Waals surface area contributed by atoms with Crippen molar-refractivity contribution in [1.82, 2.24) is 24.7 Å². The summed E-state index contributed by atoms with van der Waals surface area (Å²) in [6.07, 6.45) is 11.2. The van der Waals surface area contributed by atoms with Gasteiger partial charge in [-0.25, -0.2) is 15.0 Å². The number of carbonyl (C=O) groups is 2. The number of amides is 2. The number of carbonyl (C=O) groups excluding carboxylic acids is 2. The van der Waals surface area contributed by atoms with Gasteiger partial charge < -0.3 is 25.7 Å². The molecule has 4 heterocycles. The van der Waals surface area contributed by atoms with Crippen LogP contribution in [0.3, 0.4) is 0 Å². The minimum Gasteiger partial charge on any atom is -0.364 e. The summed E-state index contributed by atoms with van der Waals surface area (Å²) in [7, 11) is 0. The second kappa shape index (κ2) is 9.53. The van der Waals surface area contributed by atoms with Crippen LogP contribution in [0.15, 0.2) is 61.2 Å². The summed E-state index contributed by atoms with van der Waals surface area (Å²) in [5, 5.41) is 6.35. The van der Waals surface area contributed by atoms with E-state index in [4.69, 9.17) is 10.7 Å². The molecule has 0 unspecified atom stereocenters. The molecule has 1 saturated carbocycles. The Morgan fingerprint density at radius 2 is 1.86 bits per heavy atom. The predicted octanol–water partition coefficient (Wildman–Crippen LogP) is 3.24. The Balaban J connectivity index is 1.17. The molecule has 1 atom stereocenters. The Bertz CT molecular complexity index is 1460. The number of piperidine rings is 1. The number of anilines is 3. The van der Waals surface area contributed by atoms with Crippen molar-refractivity contribution >= 4 is 34.8 Å². The van der Waals surface area contributed by atoms with E-state index in [2.05, 4.69) is 37.6 Å². The standard InChI is InChI=1S/C27H28N8O2/c28-25(36)24-26(31-21-9-10-22-29-11-13-35(22)16-21)33-23(14-30-24)34-12-1-2-20(15-34)32-27(37)19-7-5-18(6-8-19)17-3-4-17/h5-11,13-14,16-17,20H,1-4,12,15H2,(H2,28,36)(H,31,33)(H,32,37)/t20-/m1/s1. The second-order valence-corrected chi connectivity index (χ2v) is 9.68. The Hall–Kier alpha value is -4.47. The molecule has 3 aromatic heterocycles. The van der Waals surface area contributed by atoms with Gasteiger partial charge in [0.2, 0.25) is 0 Å². The lowest BCUT2D eigenvalue weighted by molar-refractivity contribution is 0.0932. The van der Waals surface area contributed by atoms with Crippen molar-refractivity contribution in [2.75, 3.05) is 23.3 Å². The van der Waals surface area contributed by atoms with E-state index in [0.29, 0.717) is 23.8 Å². The average Bonchev–Trinajstić information content (AvgIpc) is 3.66. The first-order valence-corrected chi connectivity index (χ1v) is 12.6. The molecule has 6 rings (SSSR count). The van der Waals surface area contributed by atoms with Crippen molar-refractivity contribution in [2.24, 2.45) is 5.73 Å². The Morgan fingerprint density at radius 1 is 1.03 bits per heavy atom. The lowest BCUT2D eigenvalue weighted by Gasteiger charge is -2.34. The van der Waals surface area contributed by atoms with Gasteiger partial charge in [-0.15, -0.1) is 0 Å². The molecule has 37 heavy (non-hydrogen) atoms. The molecular weight excluding hydrogens is 468 g/mol. The number of nitrogens with one attached hydrogen (secondary N) is 2. The van der Waals surface area contributed by atoms with E-state index in [9.17, 15) is 9.59 Å². The van der Waals surface area contributed by atoms with Crippen LogP contribution in [-0.4, -0.2) is 50.3 Å². The first kappa shape index (κ1) is 23.0. The van der Waals surface area contributed by atoms with E-state index < -0.39 is 5.91 Å². The van der Waals surface area contributed by atoms with Crippen molar-refractivity contribution in [2.45, 2.75) is 37.6 Å². The molecule has 4 aromatic rings. The van der Waals surface area contributed by atoms with Gasteiger partial charge in [0, 0.05) is 43.3 Å². The summed E-state index contributed by atoms with van der Waals surface area (Å²) in [6.45, 7) is 1.37. The van der Waals surface area contributed by atoms with E-state index in [1.807, 2.05) is 41.1 Å². The Morgan fingerprint density at radius 3 is 2.65 bits per heavy atom. The number of benzene rings is 1. The normalized spacial score (nSPS) is 17.5. The molecule has 4 N–H and O–H groups in total. The topological polar surface area (TPSA) is 131 Å². The fraction of sp³-hybridized carbons (Fsp3) is 0.296. The van der Waals surface area contributed by atoms with E-state index in [-0.39, 0.29) is 23.5 Å². The van der Waals surface area contributed by atoms with E-state index in [0.717, 1.165) is 30.7 Å². The van der Waals surface area contributed by atoms with Crippen molar-refractivity contribution in [3.8, 4) is 0 Å². The largest absolute Gasteiger partial charge is 0.364 e. The predicted molar refractivity (Wildman–Crippen MR) is 140 cm³/mol. The zero-order chi connectivity index (χ0) is 25.4. The summed E-state index contributed by atoms with van der Waals surface area (Å²) in [5.74, 6) is 0.831. The molecule has 2 aliphatic rings. The molecule has 1 aliphatic heterocycles. The number of aromatic nitrogens is 4. The van der Waals surface area contributed by atoms with Crippen LogP contribution < -0.4 is 21.3 Å². The summed E-state index contributed by atoms with van der Waals surface area (Å²) in [4.78, 5) is 40.3. The number of primary amides is 1. The third kappa shape index (κ3) is 4.95. The van der Waals surface area contributed by atoms with Gasteiger partial charge in [0.15, 0.2) is 11.5 Å². The molecule has 188 valence electrons. The minimum absolute atomic E-state index is 0.0259. The van der Waals surface area contributed by atoms with Crippen LogP contribution >= 0.6 is 0 Å². The fourth-order valence-corrected chi connectivity index (χ4v) is 4.83. The molecule has 1 aromatic carbocycles. The SMILES string of the molecule is NC(=O)c1ncc(N2CCC[C@@H](NC(=O)c3ccc(C4CC4)cc3)C2)nc1Nc1ccc2nccn2c1. The van der Waals surface area contributed by atoms with Crippen LogP contribution in [0.1, 0.15) is 58.0 Å². The van der Waals surface area contributed by atoms with E-state index in [1.54, 1.807) is 12.4 Å². The molecule has 10 nitrogen and oxygen atoms in total. The monoisotopic (exact) mass is 496 g/mol. The average molecular weight is 497 g/mol. The number of rotatable bonds is 7. The first-order chi connectivity index (χ1) is 18.0. The van der Waals surface area contributed by atoms with Gasteiger partial charge in [-0.2, -0.15) is 0 Å². The van der Waals surface area contributed by atoms with Gasteiger partial charge in [0.1, 0.15) is 11.5 Å². The summed E-state index contributed by atoms with van der Waals surface area (Å²) >= 11 is 0. The van der Waals surface area contributed by atoms with Crippen molar-refractivity contribution in [1.29, 1.82) is 0 Å².